The number of ether oxygens (including phenoxy) is 1. The van der Waals surface area contributed by atoms with Gasteiger partial charge in [0.25, 0.3) is 0 Å². The standard InChI is InChI=1S/C20H21ClN4O2S/c1-3-27-20(26)25-10-8-24(9-11-25)17-16-15(14-6-4-13(2)5-7-14)12-28-18(16)23-19(21)22-17/h4-7,12H,3,8-11H2,1-2H3. The number of nitrogens with zero attached hydrogens (tertiary/aromatic N) is 4. The van der Waals surface area contributed by atoms with Crippen molar-refractivity contribution < 1.29 is 9.53 Å². The second kappa shape index (κ2) is 7.93. The fourth-order valence-electron chi connectivity index (χ4n) is 3.39. The number of hydrogen-bond acceptors (Lipinski definition) is 6. The van der Waals surface area contributed by atoms with Crippen molar-refractivity contribution in [2.45, 2.75) is 13.8 Å². The molecule has 146 valence electrons. The Kier molecular flexibility index (Phi) is 5.37. The van der Waals surface area contributed by atoms with Crippen LogP contribution < -0.4 is 4.90 Å². The molecule has 3 heterocycles. The number of hydrogen-bond donors (Lipinski definition) is 0. The van der Waals surface area contributed by atoms with Crippen molar-refractivity contribution in [2.75, 3.05) is 37.7 Å². The molecule has 0 atom stereocenters. The molecule has 0 aliphatic carbocycles. The molecule has 0 radical (unpaired) electrons. The highest BCUT2D eigenvalue weighted by atomic mass is 35.5. The van der Waals surface area contributed by atoms with Gasteiger partial charge in [-0.3, -0.25) is 0 Å². The van der Waals surface area contributed by atoms with E-state index in [2.05, 4.69) is 51.4 Å². The maximum atomic E-state index is 12.0. The average molecular weight is 417 g/mol. The van der Waals surface area contributed by atoms with Crippen LogP contribution in [0.25, 0.3) is 21.3 Å². The zero-order chi connectivity index (χ0) is 19.7. The second-order valence-electron chi connectivity index (χ2n) is 6.68. The number of thiophene rings is 1. The minimum absolute atomic E-state index is 0.243. The number of aryl methyl sites for hydroxylation is 1. The first kappa shape index (κ1) is 19.0. The van der Waals surface area contributed by atoms with Crippen LogP contribution >= 0.6 is 22.9 Å². The predicted molar refractivity (Wildman–Crippen MR) is 113 cm³/mol. The Hall–Kier alpha value is -2.38. The molecule has 1 aliphatic rings. The van der Waals surface area contributed by atoms with Crippen LogP contribution in [0.15, 0.2) is 29.6 Å². The third kappa shape index (κ3) is 3.64. The summed E-state index contributed by atoms with van der Waals surface area (Å²) in [6, 6.07) is 8.45. The van der Waals surface area contributed by atoms with Crippen molar-refractivity contribution in [1.82, 2.24) is 14.9 Å². The van der Waals surface area contributed by atoms with Gasteiger partial charge >= 0.3 is 6.09 Å². The third-order valence-electron chi connectivity index (χ3n) is 4.85. The molecule has 0 spiro atoms. The molecule has 8 heteroatoms. The molecule has 3 aromatic rings. The van der Waals surface area contributed by atoms with Gasteiger partial charge in [0, 0.05) is 37.1 Å². The van der Waals surface area contributed by atoms with Crippen molar-refractivity contribution in [3.05, 3.63) is 40.5 Å². The molecule has 1 aliphatic heterocycles. The van der Waals surface area contributed by atoms with Gasteiger partial charge in [0.15, 0.2) is 0 Å². The molecule has 28 heavy (non-hydrogen) atoms. The number of halogens is 1. The molecule has 0 N–H and O–H groups in total. The van der Waals surface area contributed by atoms with Crippen molar-refractivity contribution in [2.24, 2.45) is 0 Å². The summed E-state index contributed by atoms with van der Waals surface area (Å²) in [4.78, 5) is 25.7. The fourth-order valence-corrected chi connectivity index (χ4v) is 4.54. The molecule has 1 saturated heterocycles. The average Bonchev–Trinajstić information content (AvgIpc) is 3.12. The van der Waals surface area contributed by atoms with Gasteiger partial charge in [-0.2, -0.15) is 4.98 Å². The van der Waals surface area contributed by atoms with Crippen LogP contribution in [0, 0.1) is 6.92 Å². The van der Waals surface area contributed by atoms with E-state index in [0.717, 1.165) is 27.2 Å². The Morgan fingerprint density at radius 3 is 2.57 bits per heavy atom. The zero-order valence-corrected chi connectivity index (χ0v) is 17.4. The summed E-state index contributed by atoms with van der Waals surface area (Å²) >= 11 is 7.78. The maximum Gasteiger partial charge on any atom is 0.409 e. The Balaban J connectivity index is 1.68. The molecule has 1 aromatic carbocycles. The summed E-state index contributed by atoms with van der Waals surface area (Å²) in [6.45, 7) is 6.80. The van der Waals surface area contributed by atoms with Gasteiger partial charge in [-0.25, -0.2) is 9.78 Å². The summed E-state index contributed by atoms with van der Waals surface area (Å²) < 4.78 is 5.11. The van der Waals surface area contributed by atoms with Crippen LogP contribution in [0.5, 0.6) is 0 Å². The normalized spacial score (nSPS) is 14.5. The SMILES string of the molecule is CCOC(=O)N1CCN(c2nc(Cl)nc3scc(-c4ccc(C)cc4)c23)CC1. The number of carbonyl (C=O) groups is 1. The second-order valence-corrected chi connectivity index (χ2v) is 7.88. The number of carbonyl (C=O) groups excluding carboxylic acids is 1. The topological polar surface area (TPSA) is 58.6 Å². The van der Waals surface area contributed by atoms with Crippen LogP contribution in [-0.2, 0) is 4.74 Å². The van der Waals surface area contributed by atoms with Gasteiger partial charge in [-0.1, -0.05) is 29.8 Å². The number of benzene rings is 1. The van der Waals surface area contributed by atoms with Gasteiger partial charge in [-0.15, -0.1) is 11.3 Å². The van der Waals surface area contributed by atoms with E-state index in [0.29, 0.717) is 32.8 Å². The molecule has 0 bridgehead atoms. The summed E-state index contributed by atoms with van der Waals surface area (Å²) in [6.07, 6.45) is -0.260. The van der Waals surface area contributed by atoms with Gasteiger partial charge in [0.1, 0.15) is 10.6 Å². The first-order chi connectivity index (χ1) is 13.6. The van der Waals surface area contributed by atoms with Gasteiger partial charge in [-0.05, 0) is 31.0 Å². The molecular formula is C20H21ClN4O2S. The van der Waals surface area contributed by atoms with Crippen molar-refractivity contribution in [3.63, 3.8) is 0 Å². The van der Waals surface area contributed by atoms with Gasteiger partial charge in [0.05, 0.1) is 12.0 Å². The van der Waals surface area contributed by atoms with Gasteiger partial charge < -0.3 is 14.5 Å². The van der Waals surface area contributed by atoms with E-state index in [1.165, 1.54) is 5.56 Å². The smallest absolute Gasteiger partial charge is 0.409 e. The Morgan fingerprint density at radius 1 is 1.18 bits per heavy atom. The van der Waals surface area contributed by atoms with E-state index >= 15 is 0 Å². The number of aromatic nitrogens is 2. The highest BCUT2D eigenvalue weighted by molar-refractivity contribution is 7.17. The molecule has 2 aromatic heterocycles. The number of amides is 1. The zero-order valence-electron chi connectivity index (χ0n) is 15.8. The van der Waals surface area contributed by atoms with Gasteiger partial charge in [0.2, 0.25) is 5.28 Å². The molecule has 6 nitrogen and oxygen atoms in total. The highest BCUT2D eigenvalue weighted by Gasteiger charge is 2.26. The van der Waals surface area contributed by atoms with Crippen LogP contribution in [0.2, 0.25) is 5.28 Å². The third-order valence-corrected chi connectivity index (χ3v) is 5.90. The lowest BCUT2D eigenvalue weighted by Gasteiger charge is -2.35. The Bertz CT molecular complexity index is 997. The van der Waals surface area contributed by atoms with Crippen LogP contribution in [-0.4, -0.2) is 53.7 Å². The lowest BCUT2D eigenvalue weighted by molar-refractivity contribution is 0.105. The highest BCUT2D eigenvalue weighted by Crippen LogP contribution is 2.39. The summed E-state index contributed by atoms with van der Waals surface area (Å²) in [7, 11) is 0. The number of fused-ring (bicyclic) bond motifs is 1. The molecule has 1 fully saturated rings. The molecule has 1 amide bonds. The van der Waals surface area contributed by atoms with E-state index in [1.807, 2.05) is 6.92 Å². The Labute approximate surface area is 172 Å². The van der Waals surface area contributed by atoms with E-state index in [-0.39, 0.29) is 11.4 Å². The summed E-state index contributed by atoms with van der Waals surface area (Å²) in [5.74, 6) is 0.829. The fraction of sp³-hybridized carbons (Fsp3) is 0.350. The summed E-state index contributed by atoms with van der Waals surface area (Å²) in [5.41, 5.74) is 3.46. The molecular weight excluding hydrogens is 396 g/mol. The summed E-state index contributed by atoms with van der Waals surface area (Å²) in [5, 5.41) is 3.37. The van der Waals surface area contributed by atoms with E-state index in [4.69, 9.17) is 16.3 Å². The first-order valence-corrected chi connectivity index (χ1v) is 10.5. The molecule has 0 unspecified atom stereocenters. The number of rotatable bonds is 3. The quantitative estimate of drug-likeness (QED) is 0.584. The predicted octanol–water partition coefficient (Wildman–Crippen LogP) is 4.60. The molecule has 0 saturated carbocycles. The van der Waals surface area contributed by atoms with Crippen LogP contribution in [0.1, 0.15) is 12.5 Å². The minimum atomic E-state index is -0.260. The van der Waals surface area contributed by atoms with E-state index in [1.54, 1.807) is 16.2 Å². The van der Waals surface area contributed by atoms with Crippen LogP contribution in [0.3, 0.4) is 0 Å². The van der Waals surface area contributed by atoms with Crippen molar-refractivity contribution >= 4 is 45.1 Å². The molecule has 4 rings (SSSR count). The van der Waals surface area contributed by atoms with E-state index in [9.17, 15) is 4.79 Å². The first-order valence-electron chi connectivity index (χ1n) is 9.25. The Morgan fingerprint density at radius 2 is 1.89 bits per heavy atom. The van der Waals surface area contributed by atoms with Crippen molar-refractivity contribution in [3.8, 4) is 11.1 Å². The number of anilines is 1. The monoisotopic (exact) mass is 416 g/mol. The van der Waals surface area contributed by atoms with Crippen molar-refractivity contribution in [1.29, 1.82) is 0 Å². The van der Waals surface area contributed by atoms with Crippen LogP contribution in [0.4, 0.5) is 10.6 Å². The lowest BCUT2D eigenvalue weighted by Crippen LogP contribution is -2.49. The maximum absolute atomic E-state index is 12.0. The van der Waals surface area contributed by atoms with E-state index < -0.39 is 0 Å². The number of piperazine rings is 1. The lowest BCUT2D eigenvalue weighted by atomic mass is 10.0. The minimum Gasteiger partial charge on any atom is -0.450 e. The largest absolute Gasteiger partial charge is 0.450 e.